The molecule has 2 unspecified atom stereocenters. The lowest BCUT2D eigenvalue weighted by atomic mass is 9.93. The maximum absolute atomic E-state index is 12.2. The second-order valence-electron chi connectivity index (χ2n) is 5.26. The van der Waals surface area contributed by atoms with Gasteiger partial charge in [0.25, 0.3) is 0 Å². The molecule has 4 heteroatoms. The molecule has 1 aromatic carbocycles. The van der Waals surface area contributed by atoms with E-state index in [1.54, 1.807) is 17.1 Å². The summed E-state index contributed by atoms with van der Waals surface area (Å²) in [6.07, 6.45) is 4.94. The van der Waals surface area contributed by atoms with Crippen LogP contribution in [0.5, 0.6) is 0 Å². The van der Waals surface area contributed by atoms with E-state index < -0.39 is 0 Å². The van der Waals surface area contributed by atoms with Crippen LogP contribution in [-0.2, 0) is 9.59 Å². The summed E-state index contributed by atoms with van der Waals surface area (Å²) in [4.78, 5) is 25.2. The molecular formula is C16H20N2O2. The van der Waals surface area contributed by atoms with Crippen molar-refractivity contribution < 1.29 is 9.59 Å². The van der Waals surface area contributed by atoms with Crippen molar-refractivity contribution in [3.63, 3.8) is 0 Å². The third kappa shape index (κ3) is 3.47. The highest BCUT2D eigenvalue weighted by Gasteiger charge is 2.30. The highest BCUT2D eigenvalue weighted by molar-refractivity contribution is 5.92. The first-order valence-corrected chi connectivity index (χ1v) is 6.91. The van der Waals surface area contributed by atoms with Crippen LogP contribution < -0.4 is 5.73 Å². The Balaban J connectivity index is 2.03. The first-order chi connectivity index (χ1) is 9.58. The lowest BCUT2D eigenvalue weighted by Gasteiger charge is -2.36. The topological polar surface area (TPSA) is 63.4 Å². The summed E-state index contributed by atoms with van der Waals surface area (Å²) < 4.78 is 0. The van der Waals surface area contributed by atoms with E-state index in [9.17, 15) is 9.59 Å². The number of primary amides is 1. The van der Waals surface area contributed by atoms with Crippen molar-refractivity contribution in [3.05, 3.63) is 42.0 Å². The van der Waals surface area contributed by atoms with E-state index in [2.05, 4.69) is 0 Å². The van der Waals surface area contributed by atoms with E-state index in [-0.39, 0.29) is 23.8 Å². The van der Waals surface area contributed by atoms with E-state index in [1.807, 2.05) is 37.3 Å². The first kappa shape index (κ1) is 14.3. The monoisotopic (exact) mass is 272 g/mol. The minimum absolute atomic E-state index is 0.0627. The summed E-state index contributed by atoms with van der Waals surface area (Å²) in [5.74, 6) is -0.602. The molecular weight excluding hydrogens is 252 g/mol. The van der Waals surface area contributed by atoms with Crippen LogP contribution in [-0.4, -0.2) is 29.3 Å². The number of rotatable bonds is 3. The van der Waals surface area contributed by atoms with Crippen molar-refractivity contribution in [3.8, 4) is 0 Å². The highest BCUT2D eigenvalue weighted by Crippen LogP contribution is 2.22. The molecule has 0 aromatic heterocycles. The molecule has 2 rings (SSSR count). The van der Waals surface area contributed by atoms with Gasteiger partial charge in [-0.25, -0.2) is 0 Å². The van der Waals surface area contributed by atoms with Crippen molar-refractivity contribution in [1.29, 1.82) is 0 Å². The standard InChI is InChI=1S/C16H20N2O2/c1-12-7-9-14(16(17)20)11-18(12)15(19)10-8-13-5-3-2-4-6-13/h2-6,8,10,12,14H,7,9,11H2,1H3,(H2,17,20). The van der Waals surface area contributed by atoms with Gasteiger partial charge >= 0.3 is 0 Å². The van der Waals surface area contributed by atoms with Gasteiger partial charge in [0.15, 0.2) is 0 Å². The fraction of sp³-hybridized carbons (Fsp3) is 0.375. The quantitative estimate of drug-likeness (QED) is 0.853. The Bertz CT molecular complexity index is 510. The van der Waals surface area contributed by atoms with Crippen molar-refractivity contribution in [2.24, 2.45) is 11.7 Å². The average Bonchev–Trinajstić information content (AvgIpc) is 2.46. The SMILES string of the molecule is CC1CCC(C(N)=O)CN1C(=O)C=Cc1ccccc1. The average molecular weight is 272 g/mol. The van der Waals surface area contributed by atoms with E-state index >= 15 is 0 Å². The molecule has 1 fully saturated rings. The molecule has 4 nitrogen and oxygen atoms in total. The summed E-state index contributed by atoms with van der Waals surface area (Å²) in [7, 11) is 0. The van der Waals surface area contributed by atoms with Crippen LogP contribution in [0.3, 0.4) is 0 Å². The molecule has 0 bridgehead atoms. The number of piperidine rings is 1. The second kappa shape index (κ2) is 6.37. The molecule has 1 aliphatic heterocycles. The lowest BCUT2D eigenvalue weighted by molar-refractivity contribution is -0.133. The Morgan fingerprint density at radius 3 is 2.60 bits per heavy atom. The Labute approximate surface area is 119 Å². The van der Waals surface area contributed by atoms with Gasteiger partial charge in [-0.15, -0.1) is 0 Å². The Morgan fingerprint density at radius 1 is 1.25 bits per heavy atom. The number of carbonyl (C=O) groups is 2. The number of nitrogens with two attached hydrogens (primary N) is 1. The third-order valence-electron chi connectivity index (χ3n) is 3.79. The van der Waals surface area contributed by atoms with Crippen LogP contribution >= 0.6 is 0 Å². The Morgan fingerprint density at radius 2 is 1.95 bits per heavy atom. The van der Waals surface area contributed by atoms with Crippen LogP contribution in [0.15, 0.2) is 36.4 Å². The van der Waals surface area contributed by atoms with Gasteiger partial charge in [-0.3, -0.25) is 9.59 Å². The molecule has 0 radical (unpaired) electrons. The van der Waals surface area contributed by atoms with Crippen LogP contribution in [0, 0.1) is 5.92 Å². The summed E-state index contributed by atoms with van der Waals surface area (Å²) in [5, 5.41) is 0. The number of amides is 2. The molecule has 20 heavy (non-hydrogen) atoms. The number of hydrogen-bond donors (Lipinski definition) is 1. The van der Waals surface area contributed by atoms with Crippen molar-refractivity contribution in [1.82, 2.24) is 4.90 Å². The zero-order chi connectivity index (χ0) is 14.5. The molecule has 2 amide bonds. The van der Waals surface area contributed by atoms with Crippen LogP contribution in [0.2, 0.25) is 0 Å². The molecule has 1 aromatic rings. The normalized spacial score (nSPS) is 22.9. The van der Waals surface area contributed by atoms with Crippen LogP contribution in [0.4, 0.5) is 0 Å². The van der Waals surface area contributed by atoms with Gasteiger partial charge in [-0.1, -0.05) is 30.3 Å². The zero-order valence-electron chi connectivity index (χ0n) is 11.7. The van der Waals surface area contributed by atoms with Crippen molar-refractivity contribution >= 4 is 17.9 Å². The number of benzene rings is 1. The van der Waals surface area contributed by atoms with Crippen molar-refractivity contribution in [2.75, 3.05) is 6.54 Å². The predicted molar refractivity (Wildman–Crippen MR) is 78.6 cm³/mol. The van der Waals surface area contributed by atoms with Crippen LogP contribution in [0.1, 0.15) is 25.3 Å². The first-order valence-electron chi connectivity index (χ1n) is 6.91. The number of likely N-dealkylation sites (tertiary alicyclic amines) is 1. The maximum atomic E-state index is 12.2. The number of carbonyl (C=O) groups excluding carboxylic acids is 2. The largest absolute Gasteiger partial charge is 0.369 e. The Kier molecular flexibility index (Phi) is 4.56. The third-order valence-corrected chi connectivity index (χ3v) is 3.79. The van der Waals surface area contributed by atoms with Crippen LogP contribution in [0.25, 0.3) is 6.08 Å². The molecule has 2 N–H and O–H groups in total. The summed E-state index contributed by atoms with van der Waals surface area (Å²) in [5.41, 5.74) is 6.33. The van der Waals surface area contributed by atoms with Gasteiger partial charge < -0.3 is 10.6 Å². The molecule has 1 saturated heterocycles. The molecule has 0 spiro atoms. The minimum atomic E-state index is -0.318. The van der Waals surface area contributed by atoms with E-state index in [1.165, 1.54) is 0 Å². The number of hydrogen-bond acceptors (Lipinski definition) is 2. The molecule has 0 saturated carbocycles. The van der Waals surface area contributed by atoms with Gasteiger partial charge in [0.2, 0.25) is 11.8 Å². The van der Waals surface area contributed by atoms with Crippen molar-refractivity contribution in [2.45, 2.75) is 25.8 Å². The number of nitrogens with zero attached hydrogens (tertiary/aromatic N) is 1. The molecule has 0 aliphatic carbocycles. The molecule has 2 atom stereocenters. The smallest absolute Gasteiger partial charge is 0.246 e. The van der Waals surface area contributed by atoms with E-state index in [0.29, 0.717) is 6.54 Å². The van der Waals surface area contributed by atoms with Gasteiger partial charge in [0.1, 0.15) is 0 Å². The predicted octanol–water partition coefficient (Wildman–Crippen LogP) is 1.81. The highest BCUT2D eigenvalue weighted by atomic mass is 16.2. The van der Waals surface area contributed by atoms with Gasteiger partial charge in [-0.05, 0) is 31.4 Å². The Hall–Kier alpha value is -2.10. The lowest BCUT2D eigenvalue weighted by Crippen LogP contribution is -2.48. The van der Waals surface area contributed by atoms with E-state index in [4.69, 9.17) is 5.73 Å². The maximum Gasteiger partial charge on any atom is 0.246 e. The van der Waals surface area contributed by atoms with Gasteiger partial charge in [0.05, 0.1) is 5.92 Å². The summed E-state index contributed by atoms with van der Waals surface area (Å²) in [6, 6.07) is 9.82. The second-order valence-corrected chi connectivity index (χ2v) is 5.26. The van der Waals surface area contributed by atoms with E-state index in [0.717, 1.165) is 18.4 Å². The summed E-state index contributed by atoms with van der Waals surface area (Å²) in [6.45, 7) is 2.43. The molecule has 106 valence electrons. The molecule has 1 aliphatic rings. The summed E-state index contributed by atoms with van der Waals surface area (Å²) >= 11 is 0. The fourth-order valence-electron chi connectivity index (χ4n) is 2.47. The molecule has 1 heterocycles. The van der Waals surface area contributed by atoms with Gasteiger partial charge in [-0.2, -0.15) is 0 Å². The zero-order valence-corrected chi connectivity index (χ0v) is 11.7. The van der Waals surface area contributed by atoms with Gasteiger partial charge in [0, 0.05) is 18.7 Å². The fourth-order valence-corrected chi connectivity index (χ4v) is 2.47. The minimum Gasteiger partial charge on any atom is -0.369 e.